The summed E-state index contributed by atoms with van der Waals surface area (Å²) in [5, 5.41) is 3.52. The van der Waals surface area contributed by atoms with Gasteiger partial charge in [0.1, 0.15) is 0 Å². The van der Waals surface area contributed by atoms with E-state index in [-0.39, 0.29) is 0 Å². The predicted molar refractivity (Wildman–Crippen MR) is 72.9 cm³/mol. The van der Waals surface area contributed by atoms with E-state index in [0.717, 1.165) is 38.8 Å². The average molecular weight is 256 g/mol. The first-order valence-electron chi connectivity index (χ1n) is 7.42. The van der Waals surface area contributed by atoms with Crippen molar-refractivity contribution in [3.05, 3.63) is 0 Å². The van der Waals surface area contributed by atoms with Gasteiger partial charge in [0.15, 0.2) is 0 Å². The minimum Gasteiger partial charge on any atom is -0.384 e. The van der Waals surface area contributed by atoms with Crippen molar-refractivity contribution in [2.45, 2.75) is 31.8 Å². The van der Waals surface area contributed by atoms with E-state index in [9.17, 15) is 0 Å². The maximum Gasteiger partial charge on any atom is 0.0700 e. The number of hydrogen-bond donors (Lipinski definition) is 1. The van der Waals surface area contributed by atoms with Crippen molar-refractivity contribution in [1.82, 2.24) is 10.2 Å². The third-order valence-electron chi connectivity index (χ3n) is 4.01. The smallest absolute Gasteiger partial charge is 0.0700 e. The highest BCUT2D eigenvalue weighted by molar-refractivity contribution is 4.74. The van der Waals surface area contributed by atoms with Gasteiger partial charge in [0.2, 0.25) is 0 Å². The lowest BCUT2D eigenvalue weighted by Gasteiger charge is -2.32. The van der Waals surface area contributed by atoms with Crippen LogP contribution in [-0.4, -0.2) is 64.1 Å². The largest absolute Gasteiger partial charge is 0.384 e. The Morgan fingerprint density at radius 1 is 1.33 bits per heavy atom. The van der Waals surface area contributed by atoms with Gasteiger partial charge in [-0.15, -0.1) is 0 Å². The molecule has 0 radical (unpaired) electrons. The van der Waals surface area contributed by atoms with Gasteiger partial charge >= 0.3 is 0 Å². The van der Waals surface area contributed by atoms with E-state index >= 15 is 0 Å². The summed E-state index contributed by atoms with van der Waals surface area (Å²) in [7, 11) is 1.81. The van der Waals surface area contributed by atoms with Gasteiger partial charge in [-0.2, -0.15) is 0 Å². The molecule has 0 bridgehead atoms. The lowest BCUT2D eigenvalue weighted by Crippen LogP contribution is -2.41. The highest BCUT2D eigenvalue weighted by Crippen LogP contribution is 2.16. The molecule has 0 aromatic rings. The first-order chi connectivity index (χ1) is 8.88. The zero-order valence-electron chi connectivity index (χ0n) is 11.7. The third-order valence-corrected chi connectivity index (χ3v) is 4.01. The van der Waals surface area contributed by atoms with Crippen LogP contribution in [0.25, 0.3) is 0 Å². The molecule has 2 heterocycles. The summed E-state index contributed by atoms with van der Waals surface area (Å²) >= 11 is 0. The van der Waals surface area contributed by atoms with Crippen molar-refractivity contribution in [3.63, 3.8) is 0 Å². The fraction of sp³-hybridized carbons (Fsp3) is 1.00. The molecule has 2 saturated heterocycles. The molecule has 4 nitrogen and oxygen atoms in total. The van der Waals surface area contributed by atoms with E-state index in [0.29, 0.717) is 6.10 Å². The molecule has 0 saturated carbocycles. The van der Waals surface area contributed by atoms with Crippen LogP contribution in [-0.2, 0) is 9.47 Å². The van der Waals surface area contributed by atoms with E-state index < -0.39 is 0 Å². The second-order valence-electron chi connectivity index (χ2n) is 5.60. The van der Waals surface area contributed by atoms with E-state index in [1.165, 1.54) is 38.8 Å². The van der Waals surface area contributed by atoms with Crippen LogP contribution < -0.4 is 5.32 Å². The van der Waals surface area contributed by atoms with Crippen molar-refractivity contribution in [2.24, 2.45) is 5.92 Å². The summed E-state index contributed by atoms with van der Waals surface area (Å²) in [6, 6.07) is 0. The van der Waals surface area contributed by atoms with Crippen molar-refractivity contribution in [2.75, 3.05) is 53.0 Å². The number of nitrogens with zero attached hydrogens (tertiary/aromatic N) is 1. The molecule has 2 unspecified atom stereocenters. The summed E-state index contributed by atoms with van der Waals surface area (Å²) < 4.78 is 10.9. The predicted octanol–water partition coefficient (Wildman–Crippen LogP) is 1.11. The molecule has 0 spiro atoms. The van der Waals surface area contributed by atoms with Crippen LogP contribution in [0.15, 0.2) is 0 Å². The molecular weight excluding hydrogens is 228 g/mol. The van der Waals surface area contributed by atoms with Gasteiger partial charge in [-0.25, -0.2) is 0 Å². The monoisotopic (exact) mass is 256 g/mol. The SMILES string of the molecule is COCC1CCCN(CCNCC2CCCO2)C1. The molecule has 4 heteroatoms. The number of ether oxygens (including phenoxy) is 2. The van der Waals surface area contributed by atoms with Crippen LogP contribution in [0.2, 0.25) is 0 Å². The first-order valence-corrected chi connectivity index (χ1v) is 7.42. The number of likely N-dealkylation sites (tertiary alicyclic amines) is 1. The van der Waals surface area contributed by atoms with Gasteiger partial charge in [0, 0.05) is 39.9 Å². The zero-order valence-corrected chi connectivity index (χ0v) is 11.7. The van der Waals surface area contributed by atoms with Gasteiger partial charge in [-0.05, 0) is 38.1 Å². The zero-order chi connectivity index (χ0) is 12.6. The normalized spacial score (nSPS) is 29.8. The molecule has 2 fully saturated rings. The standard InChI is InChI=1S/C14H28N2O2/c1-17-12-13-4-2-7-16(11-13)8-6-15-10-14-5-3-9-18-14/h13-15H,2-12H2,1H3. The molecule has 18 heavy (non-hydrogen) atoms. The molecule has 2 atom stereocenters. The van der Waals surface area contributed by atoms with Gasteiger partial charge < -0.3 is 19.7 Å². The Labute approximate surface area is 111 Å². The minimum atomic E-state index is 0.465. The van der Waals surface area contributed by atoms with Gasteiger partial charge in [-0.1, -0.05) is 0 Å². The van der Waals surface area contributed by atoms with E-state index in [1.54, 1.807) is 0 Å². The van der Waals surface area contributed by atoms with Crippen molar-refractivity contribution >= 4 is 0 Å². The molecule has 0 aliphatic carbocycles. The summed E-state index contributed by atoms with van der Waals surface area (Å²) in [4.78, 5) is 2.57. The summed E-state index contributed by atoms with van der Waals surface area (Å²) in [6.07, 6.45) is 5.57. The summed E-state index contributed by atoms with van der Waals surface area (Å²) in [6.45, 7) is 7.59. The lowest BCUT2D eigenvalue weighted by atomic mass is 9.99. The molecule has 0 aromatic carbocycles. The van der Waals surface area contributed by atoms with Gasteiger partial charge in [0.05, 0.1) is 12.7 Å². The van der Waals surface area contributed by atoms with Crippen LogP contribution in [0.3, 0.4) is 0 Å². The van der Waals surface area contributed by atoms with E-state index in [2.05, 4.69) is 10.2 Å². The Bertz CT molecular complexity index is 218. The van der Waals surface area contributed by atoms with Crippen molar-refractivity contribution in [1.29, 1.82) is 0 Å². The van der Waals surface area contributed by atoms with E-state index in [1.807, 2.05) is 7.11 Å². The number of methoxy groups -OCH3 is 1. The van der Waals surface area contributed by atoms with E-state index in [4.69, 9.17) is 9.47 Å². The maximum atomic E-state index is 5.60. The number of hydrogen-bond acceptors (Lipinski definition) is 4. The first kappa shape index (κ1) is 14.3. The minimum absolute atomic E-state index is 0.465. The molecule has 106 valence electrons. The van der Waals surface area contributed by atoms with Crippen LogP contribution in [0.4, 0.5) is 0 Å². The lowest BCUT2D eigenvalue weighted by molar-refractivity contribution is 0.0883. The van der Waals surface area contributed by atoms with Gasteiger partial charge in [-0.3, -0.25) is 0 Å². The Morgan fingerprint density at radius 2 is 2.28 bits per heavy atom. The molecule has 2 aliphatic rings. The molecule has 0 amide bonds. The highest BCUT2D eigenvalue weighted by atomic mass is 16.5. The van der Waals surface area contributed by atoms with Crippen LogP contribution >= 0.6 is 0 Å². The Balaban J connectivity index is 1.52. The topological polar surface area (TPSA) is 33.7 Å². The highest BCUT2D eigenvalue weighted by Gasteiger charge is 2.19. The molecule has 2 rings (SSSR count). The summed E-state index contributed by atoms with van der Waals surface area (Å²) in [5.41, 5.74) is 0. The Kier molecular flexibility index (Phi) is 6.41. The number of piperidine rings is 1. The molecule has 1 N–H and O–H groups in total. The Morgan fingerprint density at radius 3 is 3.06 bits per heavy atom. The summed E-state index contributed by atoms with van der Waals surface area (Å²) in [5.74, 6) is 0.738. The molecule has 2 aliphatic heterocycles. The van der Waals surface area contributed by atoms with Crippen LogP contribution in [0.5, 0.6) is 0 Å². The number of nitrogens with one attached hydrogen (secondary N) is 1. The quantitative estimate of drug-likeness (QED) is 0.692. The maximum absolute atomic E-state index is 5.60. The van der Waals surface area contributed by atoms with Crippen LogP contribution in [0, 0.1) is 5.92 Å². The third kappa shape index (κ3) is 4.84. The molecule has 0 aromatic heterocycles. The van der Waals surface area contributed by atoms with Crippen molar-refractivity contribution < 1.29 is 9.47 Å². The van der Waals surface area contributed by atoms with Gasteiger partial charge in [0.25, 0.3) is 0 Å². The second kappa shape index (κ2) is 8.10. The fourth-order valence-corrected chi connectivity index (χ4v) is 3.03. The fourth-order valence-electron chi connectivity index (χ4n) is 3.03. The van der Waals surface area contributed by atoms with Crippen LogP contribution in [0.1, 0.15) is 25.7 Å². The average Bonchev–Trinajstić information content (AvgIpc) is 2.89. The van der Waals surface area contributed by atoms with Crippen molar-refractivity contribution in [3.8, 4) is 0 Å². The number of rotatable bonds is 7. The Hall–Kier alpha value is -0.160. The molecular formula is C14H28N2O2. The second-order valence-corrected chi connectivity index (χ2v) is 5.60.